The number of hydrogen-bond acceptors (Lipinski definition) is 3. The van der Waals surface area contributed by atoms with Gasteiger partial charge in [0.25, 0.3) is 0 Å². The van der Waals surface area contributed by atoms with Gasteiger partial charge in [0, 0.05) is 5.75 Å². The second-order valence-electron chi connectivity index (χ2n) is 3.95. The summed E-state index contributed by atoms with van der Waals surface area (Å²) in [6.45, 7) is 1.61. The van der Waals surface area contributed by atoms with E-state index in [4.69, 9.17) is 0 Å². The fourth-order valence-electron chi connectivity index (χ4n) is 2.14. The van der Waals surface area contributed by atoms with Gasteiger partial charge in [-0.15, -0.1) is 0 Å². The third-order valence-corrected chi connectivity index (χ3v) is 5.20. The molecule has 1 atom stereocenters. The van der Waals surface area contributed by atoms with Gasteiger partial charge >= 0.3 is 0 Å². The highest BCUT2D eigenvalue weighted by atomic mass is 32.2. The highest BCUT2D eigenvalue weighted by Crippen LogP contribution is 2.29. The van der Waals surface area contributed by atoms with Crippen molar-refractivity contribution in [2.75, 3.05) is 5.75 Å². The van der Waals surface area contributed by atoms with Crippen LogP contribution in [0.3, 0.4) is 0 Å². The van der Waals surface area contributed by atoms with Crippen LogP contribution >= 0.6 is 0 Å². The summed E-state index contributed by atoms with van der Waals surface area (Å²) in [4.78, 5) is 10.8. The maximum Gasteiger partial charge on any atom is 0.159 e. The van der Waals surface area contributed by atoms with Crippen molar-refractivity contribution in [1.29, 1.82) is 0 Å². The molecule has 1 fully saturated rings. The molecule has 0 bridgehead atoms. The lowest BCUT2D eigenvalue weighted by atomic mass is 9.87. The summed E-state index contributed by atoms with van der Waals surface area (Å²) in [5.41, 5.74) is 0. The Balaban J connectivity index is 2.75. The third-order valence-electron chi connectivity index (χ3n) is 3.07. The molecule has 0 aromatic heterocycles. The van der Waals surface area contributed by atoms with Crippen molar-refractivity contribution in [3.63, 3.8) is 0 Å². The fraction of sp³-hybridized carbons (Fsp3) is 0.900. The van der Waals surface area contributed by atoms with E-state index < -0.39 is 15.1 Å². The molecule has 0 spiro atoms. The number of hydrogen-bond donors (Lipinski definition) is 0. The minimum atomic E-state index is -3.18. The lowest BCUT2D eigenvalue weighted by Crippen LogP contribution is -2.33. The summed E-state index contributed by atoms with van der Waals surface area (Å²) < 4.78 is 23.2. The summed E-state index contributed by atoms with van der Waals surface area (Å²) in [7, 11) is -3.18. The van der Waals surface area contributed by atoms with Gasteiger partial charge in [0.15, 0.2) is 9.84 Å². The first-order chi connectivity index (χ1) is 6.61. The quantitative estimate of drug-likeness (QED) is 0.673. The number of carbonyl (C=O) groups excluding carboxylic acids is 1. The van der Waals surface area contributed by atoms with Crippen molar-refractivity contribution in [2.24, 2.45) is 5.92 Å². The summed E-state index contributed by atoms with van der Waals surface area (Å²) in [6, 6.07) is 0. The van der Waals surface area contributed by atoms with Crippen LogP contribution in [0.5, 0.6) is 0 Å². The van der Waals surface area contributed by atoms with Gasteiger partial charge in [-0.1, -0.05) is 26.2 Å². The lowest BCUT2D eigenvalue weighted by molar-refractivity contribution is -0.108. The van der Waals surface area contributed by atoms with Gasteiger partial charge < -0.3 is 4.79 Å². The van der Waals surface area contributed by atoms with Gasteiger partial charge in [-0.05, 0) is 18.8 Å². The van der Waals surface area contributed by atoms with E-state index in [-0.39, 0.29) is 11.7 Å². The van der Waals surface area contributed by atoms with E-state index in [0.717, 1.165) is 25.7 Å². The normalized spacial score (nSPS) is 21.8. The fourth-order valence-corrected chi connectivity index (χ4v) is 3.56. The van der Waals surface area contributed by atoms with Gasteiger partial charge in [-0.25, -0.2) is 8.42 Å². The lowest BCUT2D eigenvalue weighted by Gasteiger charge is -2.25. The Hall–Kier alpha value is -0.380. The Morgan fingerprint density at radius 3 is 2.29 bits per heavy atom. The Labute approximate surface area is 85.8 Å². The SMILES string of the molecule is CCS(=O)(=O)[C@@H](C=O)C1CCCCC1. The Kier molecular flexibility index (Phi) is 4.11. The number of rotatable bonds is 4. The second kappa shape index (κ2) is 4.91. The molecule has 14 heavy (non-hydrogen) atoms. The second-order valence-corrected chi connectivity index (χ2v) is 6.40. The Bertz CT molecular complexity index is 276. The maximum absolute atomic E-state index is 11.6. The third kappa shape index (κ3) is 2.56. The summed E-state index contributed by atoms with van der Waals surface area (Å²) in [5, 5.41) is -0.743. The topological polar surface area (TPSA) is 51.2 Å². The molecule has 0 heterocycles. The van der Waals surface area contributed by atoms with Crippen LogP contribution in [0.1, 0.15) is 39.0 Å². The molecule has 1 rings (SSSR count). The van der Waals surface area contributed by atoms with E-state index in [1.165, 1.54) is 6.42 Å². The van der Waals surface area contributed by atoms with Crippen LogP contribution in [-0.2, 0) is 14.6 Å². The standard InChI is InChI=1S/C10H18O3S/c1-2-14(12,13)10(8-11)9-6-4-3-5-7-9/h8-10H,2-7H2,1H3/t10-/m0/s1. The molecule has 1 aliphatic carbocycles. The van der Waals surface area contributed by atoms with Gasteiger partial charge in [0.2, 0.25) is 0 Å². The number of sulfone groups is 1. The minimum Gasteiger partial charge on any atom is -0.302 e. The van der Waals surface area contributed by atoms with Crippen molar-refractivity contribution in [3.05, 3.63) is 0 Å². The highest BCUT2D eigenvalue weighted by molar-refractivity contribution is 7.92. The molecule has 0 radical (unpaired) electrons. The molecule has 1 aliphatic rings. The van der Waals surface area contributed by atoms with E-state index in [0.29, 0.717) is 6.29 Å². The molecule has 0 unspecified atom stereocenters. The maximum atomic E-state index is 11.6. The van der Waals surface area contributed by atoms with Crippen LogP contribution in [0.2, 0.25) is 0 Å². The molecule has 0 aliphatic heterocycles. The average Bonchev–Trinajstić information content (AvgIpc) is 2.20. The average molecular weight is 218 g/mol. The van der Waals surface area contributed by atoms with Crippen LogP contribution in [0.4, 0.5) is 0 Å². The molecule has 0 aromatic carbocycles. The van der Waals surface area contributed by atoms with Crippen molar-refractivity contribution in [1.82, 2.24) is 0 Å². The molecule has 4 heteroatoms. The smallest absolute Gasteiger partial charge is 0.159 e. The van der Waals surface area contributed by atoms with Crippen LogP contribution in [-0.4, -0.2) is 25.7 Å². The first-order valence-corrected chi connectivity index (χ1v) is 7.00. The Morgan fingerprint density at radius 2 is 1.86 bits per heavy atom. The van der Waals surface area contributed by atoms with Crippen LogP contribution in [0.25, 0.3) is 0 Å². The molecular weight excluding hydrogens is 200 g/mol. The molecule has 0 aromatic rings. The molecule has 0 saturated heterocycles. The van der Waals surface area contributed by atoms with Crippen molar-refractivity contribution in [3.8, 4) is 0 Å². The summed E-state index contributed by atoms with van der Waals surface area (Å²) in [6.07, 6.45) is 5.72. The number of aldehydes is 1. The van der Waals surface area contributed by atoms with Gasteiger partial charge in [0.1, 0.15) is 11.5 Å². The van der Waals surface area contributed by atoms with Crippen molar-refractivity contribution < 1.29 is 13.2 Å². The van der Waals surface area contributed by atoms with E-state index in [9.17, 15) is 13.2 Å². The first kappa shape index (κ1) is 11.7. The molecule has 1 saturated carbocycles. The predicted molar refractivity (Wildman–Crippen MR) is 55.9 cm³/mol. The van der Waals surface area contributed by atoms with Crippen LogP contribution < -0.4 is 0 Å². The van der Waals surface area contributed by atoms with Crippen molar-refractivity contribution >= 4 is 16.1 Å². The Morgan fingerprint density at radius 1 is 1.29 bits per heavy atom. The van der Waals surface area contributed by atoms with E-state index >= 15 is 0 Å². The predicted octanol–water partition coefficient (Wildman–Crippen LogP) is 1.57. The van der Waals surface area contributed by atoms with Gasteiger partial charge in [-0.2, -0.15) is 0 Å². The summed E-state index contributed by atoms with van der Waals surface area (Å²) >= 11 is 0. The molecule has 0 N–H and O–H groups in total. The van der Waals surface area contributed by atoms with Gasteiger partial charge in [-0.3, -0.25) is 0 Å². The first-order valence-electron chi connectivity index (χ1n) is 5.28. The zero-order valence-corrected chi connectivity index (χ0v) is 9.42. The monoisotopic (exact) mass is 218 g/mol. The zero-order chi connectivity index (χ0) is 10.6. The van der Waals surface area contributed by atoms with E-state index in [2.05, 4.69) is 0 Å². The van der Waals surface area contributed by atoms with Crippen LogP contribution in [0, 0.1) is 5.92 Å². The zero-order valence-electron chi connectivity index (χ0n) is 8.61. The highest BCUT2D eigenvalue weighted by Gasteiger charge is 2.32. The molecule has 82 valence electrons. The van der Waals surface area contributed by atoms with Gasteiger partial charge in [0.05, 0.1) is 0 Å². The molecule has 3 nitrogen and oxygen atoms in total. The minimum absolute atomic E-state index is 0.0752. The van der Waals surface area contributed by atoms with Crippen molar-refractivity contribution in [2.45, 2.75) is 44.3 Å². The van der Waals surface area contributed by atoms with E-state index in [1.807, 2.05) is 0 Å². The molecular formula is C10H18O3S. The van der Waals surface area contributed by atoms with Crippen LogP contribution in [0.15, 0.2) is 0 Å². The van der Waals surface area contributed by atoms with E-state index in [1.54, 1.807) is 6.92 Å². The summed E-state index contributed by atoms with van der Waals surface area (Å²) in [5.74, 6) is 0.151. The largest absolute Gasteiger partial charge is 0.302 e. The molecule has 0 amide bonds. The number of carbonyl (C=O) groups is 1.